The third-order valence-electron chi connectivity index (χ3n) is 3.35. The second-order valence-corrected chi connectivity index (χ2v) is 4.74. The lowest BCUT2D eigenvalue weighted by Crippen LogP contribution is -2.39. The van der Waals surface area contributed by atoms with Crippen LogP contribution in [0.3, 0.4) is 0 Å². The molecule has 0 radical (unpaired) electrons. The van der Waals surface area contributed by atoms with Gasteiger partial charge in [-0.1, -0.05) is 30.3 Å². The number of methoxy groups -OCH3 is 1. The van der Waals surface area contributed by atoms with Gasteiger partial charge in [0.25, 0.3) is 0 Å². The Morgan fingerprint density at radius 2 is 2.04 bits per heavy atom. The zero-order valence-corrected chi connectivity index (χ0v) is 15.9. The lowest BCUT2D eigenvalue weighted by atomic mass is 10.1. The molecular weight excluding hydrogens is 407 g/mol. The van der Waals surface area contributed by atoms with E-state index in [0.717, 1.165) is 11.4 Å². The number of aryl methyl sites for hydroxylation is 1. The van der Waals surface area contributed by atoms with Crippen molar-refractivity contribution in [1.29, 1.82) is 0 Å². The van der Waals surface area contributed by atoms with Gasteiger partial charge < -0.3 is 15.4 Å². The highest BCUT2D eigenvalue weighted by molar-refractivity contribution is 14.0. The predicted molar refractivity (Wildman–Crippen MR) is 101 cm³/mol. The molecule has 23 heavy (non-hydrogen) atoms. The maximum atomic E-state index is 5.53. The number of halogens is 1. The molecule has 0 aliphatic heterocycles. The van der Waals surface area contributed by atoms with E-state index >= 15 is 0 Å². The van der Waals surface area contributed by atoms with Gasteiger partial charge in [-0.15, -0.1) is 24.0 Å². The van der Waals surface area contributed by atoms with E-state index in [2.05, 4.69) is 25.7 Å². The van der Waals surface area contributed by atoms with Gasteiger partial charge in [-0.2, -0.15) is 5.10 Å². The molecule has 2 rings (SSSR count). The summed E-state index contributed by atoms with van der Waals surface area (Å²) in [5.41, 5.74) is 1.13. The average Bonchev–Trinajstić information content (AvgIpc) is 2.97. The Kier molecular flexibility index (Phi) is 8.56. The van der Waals surface area contributed by atoms with E-state index in [4.69, 9.17) is 4.74 Å². The number of hydrogen-bond donors (Lipinski definition) is 2. The Morgan fingerprint density at radius 3 is 2.61 bits per heavy atom. The molecule has 0 amide bonds. The fraction of sp³-hybridized carbons (Fsp3) is 0.400. The summed E-state index contributed by atoms with van der Waals surface area (Å²) in [4.78, 5) is 8.36. The van der Waals surface area contributed by atoms with Crippen molar-refractivity contribution in [3.8, 4) is 0 Å². The molecule has 2 aromatic rings. The lowest BCUT2D eigenvalue weighted by molar-refractivity contribution is 0.106. The number of aliphatic imine (C=N–C) groups is 1. The molecule has 0 bridgehead atoms. The topological polar surface area (TPSA) is 76.4 Å². The zero-order chi connectivity index (χ0) is 15.8. The minimum absolute atomic E-state index is 0. The van der Waals surface area contributed by atoms with E-state index in [1.54, 1.807) is 18.8 Å². The lowest BCUT2D eigenvalue weighted by Gasteiger charge is -2.18. The first-order valence-electron chi connectivity index (χ1n) is 7.09. The first-order valence-corrected chi connectivity index (χ1v) is 7.09. The van der Waals surface area contributed by atoms with Crippen molar-refractivity contribution in [2.45, 2.75) is 12.6 Å². The Bertz CT molecular complexity index is 601. The first-order chi connectivity index (χ1) is 10.7. The maximum Gasteiger partial charge on any atom is 0.191 e. The van der Waals surface area contributed by atoms with E-state index < -0.39 is 0 Å². The molecule has 1 unspecified atom stereocenters. The second kappa shape index (κ2) is 10.2. The Hall–Kier alpha value is -1.68. The summed E-state index contributed by atoms with van der Waals surface area (Å²) >= 11 is 0. The molecule has 0 saturated carbocycles. The number of nitrogens with one attached hydrogen (secondary N) is 2. The van der Waals surface area contributed by atoms with Crippen LogP contribution in [0.25, 0.3) is 0 Å². The average molecular weight is 430 g/mol. The quantitative estimate of drug-likeness (QED) is 0.413. The molecule has 0 aliphatic rings. The van der Waals surface area contributed by atoms with Gasteiger partial charge in [0.2, 0.25) is 0 Å². The van der Waals surface area contributed by atoms with Crippen LogP contribution in [0, 0.1) is 0 Å². The molecular formula is C15H23IN6O. The van der Waals surface area contributed by atoms with Crippen molar-refractivity contribution < 1.29 is 4.74 Å². The van der Waals surface area contributed by atoms with Crippen LogP contribution in [0.2, 0.25) is 0 Å². The summed E-state index contributed by atoms with van der Waals surface area (Å²) in [6, 6.07) is 10.1. The van der Waals surface area contributed by atoms with Gasteiger partial charge in [0, 0.05) is 27.7 Å². The largest absolute Gasteiger partial charge is 0.375 e. The van der Waals surface area contributed by atoms with Gasteiger partial charge >= 0.3 is 0 Å². The Morgan fingerprint density at radius 1 is 1.30 bits per heavy atom. The summed E-state index contributed by atoms with van der Waals surface area (Å²) in [5.74, 6) is 1.54. The molecule has 1 atom stereocenters. The molecule has 0 aliphatic carbocycles. The number of nitrogens with zero attached hydrogens (tertiary/aromatic N) is 4. The molecule has 0 fully saturated rings. The minimum Gasteiger partial charge on any atom is -0.375 e. The van der Waals surface area contributed by atoms with Crippen LogP contribution in [-0.2, 0) is 18.3 Å². The molecule has 1 aromatic carbocycles. The Labute approximate surface area is 153 Å². The summed E-state index contributed by atoms with van der Waals surface area (Å²) in [6.07, 6.45) is 1.50. The van der Waals surface area contributed by atoms with Crippen LogP contribution in [-0.4, -0.2) is 41.4 Å². The van der Waals surface area contributed by atoms with Crippen molar-refractivity contribution in [1.82, 2.24) is 25.4 Å². The van der Waals surface area contributed by atoms with Gasteiger partial charge in [-0.05, 0) is 5.56 Å². The fourth-order valence-electron chi connectivity index (χ4n) is 2.06. The molecule has 0 spiro atoms. The van der Waals surface area contributed by atoms with Gasteiger partial charge in [0.05, 0.1) is 12.6 Å². The van der Waals surface area contributed by atoms with Gasteiger partial charge in [0.1, 0.15) is 12.2 Å². The highest BCUT2D eigenvalue weighted by atomic mass is 127. The fourth-order valence-corrected chi connectivity index (χ4v) is 2.06. The molecule has 8 heteroatoms. The van der Waals surface area contributed by atoms with Gasteiger partial charge in [-0.3, -0.25) is 9.67 Å². The van der Waals surface area contributed by atoms with Crippen molar-refractivity contribution in [2.24, 2.45) is 12.0 Å². The van der Waals surface area contributed by atoms with E-state index in [1.165, 1.54) is 6.33 Å². The number of ether oxygens (including phenoxy) is 1. The number of aromatic nitrogens is 3. The van der Waals surface area contributed by atoms with E-state index in [9.17, 15) is 0 Å². The summed E-state index contributed by atoms with van der Waals surface area (Å²) in [6.45, 7) is 1.18. The summed E-state index contributed by atoms with van der Waals surface area (Å²) in [7, 11) is 5.29. The molecule has 1 aromatic heterocycles. The number of hydrogen-bond acceptors (Lipinski definition) is 4. The molecule has 2 N–H and O–H groups in total. The SMILES string of the molecule is CN=C(NCc1ncnn1C)NCC(OC)c1ccccc1.I. The third-order valence-corrected chi connectivity index (χ3v) is 3.35. The van der Waals surface area contributed by atoms with Crippen LogP contribution >= 0.6 is 24.0 Å². The predicted octanol–water partition coefficient (Wildman–Crippen LogP) is 1.49. The number of guanidine groups is 1. The van der Waals surface area contributed by atoms with Crippen LogP contribution in [0.15, 0.2) is 41.7 Å². The third kappa shape index (κ3) is 5.79. The normalized spacial score (nSPS) is 12.4. The molecule has 0 saturated heterocycles. The molecule has 7 nitrogen and oxygen atoms in total. The summed E-state index contributed by atoms with van der Waals surface area (Å²) < 4.78 is 7.25. The smallest absolute Gasteiger partial charge is 0.191 e. The van der Waals surface area contributed by atoms with E-state index in [-0.39, 0.29) is 30.1 Å². The highest BCUT2D eigenvalue weighted by Gasteiger charge is 2.11. The standard InChI is InChI=1S/C15H22N6O.HI/c1-16-15(18-10-14-19-11-20-21(14)2)17-9-13(22-3)12-7-5-4-6-8-12;/h4-8,11,13H,9-10H2,1-3H3,(H2,16,17,18);1H. The zero-order valence-electron chi connectivity index (χ0n) is 13.6. The minimum atomic E-state index is -0.0328. The molecule has 1 heterocycles. The summed E-state index contributed by atoms with van der Waals surface area (Å²) in [5, 5.41) is 10.5. The number of rotatable bonds is 6. The monoisotopic (exact) mass is 430 g/mol. The second-order valence-electron chi connectivity index (χ2n) is 4.74. The van der Waals surface area contributed by atoms with Crippen LogP contribution in [0.5, 0.6) is 0 Å². The van der Waals surface area contributed by atoms with Crippen molar-refractivity contribution in [3.05, 3.63) is 48.0 Å². The Balaban J connectivity index is 0.00000264. The van der Waals surface area contributed by atoms with Crippen LogP contribution in [0.4, 0.5) is 0 Å². The van der Waals surface area contributed by atoms with Gasteiger partial charge in [0.15, 0.2) is 5.96 Å². The maximum absolute atomic E-state index is 5.53. The van der Waals surface area contributed by atoms with Crippen LogP contribution in [0.1, 0.15) is 17.5 Å². The number of benzene rings is 1. The molecule has 126 valence electrons. The van der Waals surface area contributed by atoms with E-state index in [1.807, 2.05) is 37.4 Å². The highest BCUT2D eigenvalue weighted by Crippen LogP contribution is 2.14. The van der Waals surface area contributed by atoms with Gasteiger partial charge in [-0.25, -0.2) is 4.98 Å². The van der Waals surface area contributed by atoms with Crippen molar-refractivity contribution in [3.63, 3.8) is 0 Å². The van der Waals surface area contributed by atoms with Crippen molar-refractivity contribution >= 4 is 29.9 Å². The first kappa shape index (κ1) is 19.4. The van der Waals surface area contributed by atoms with Crippen molar-refractivity contribution in [2.75, 3.05) is 20.7 Å². The van der Waals surface area contributed by atoms with E-state index in [0.29, 0.717) is 19.0 Å². The van der Waals surface area contributed by atoms with Crippen LogP contribution < -0.4 is 10.6 Å².